The summed E-state index contributed by atoms with van der Waals surface area (Å²) in [4.78, 5) is 22.0. The Kier molecular flexibility index (Phi) is 7.17. The number of nitrogens with one attached hydrogen (secondary N) is 2. The van der Waals surface area contributed by atoms with E-state index in [0.29, 0.717) is 22.6 Å². The lowest BCUT2D eigenvalue weighted by atomic mass is 10.1. The number of anilines is 1. The highest BCUT2D eigenvalue weighted by Crippen LogP contribution is 2.25. The minimum atomic E-state index is -0.223. The van der Waals surface area contributed by atoms with E-state index < -0.39 is 0 Å². The van der Waals surface area contributed by atoms with Crippen LogP contribution in [0.3, 0.4) is 0 Å². The number of ether oxygens (including phenoxy) is 1. The van der Waals surface area contributed by atoms with Crippen LogP contribution in [-0.2, 0) is 6.54 Å². The van der Waals surface area contributed by atoms with E-state index in [-0.39, 0.29) is 5.91 Å². The summed E-state index contributed by atoms with van der Waals surface area (Å²) in [5.74, 6) is 6.64. The highest BCUT2D eigenvalue weighted by Gasteiger charge is 2.15. The highest BCUT2D eigenvalue weighted by molar-refractivity contribution is 6.04. The van der Waals surface area contributed by atoms with E-state index in [4.69, 9.17) is 4.74 Å². The van der Waals surface area contributed by atoms with Crippen molar-refractivity contribution in [3.8, 4) is 17.6 Å². The maximum absolute atomic E-state index is 12.9. The summed E-state index contributed by atoms with van der Waals surface area (Å²) in [5, 5.41) is 11.1. The van der Waals surface area contributed by atoms with E-state index in [1.54, 1.807) is 25.6 Å². The van der Waals surface area contributed by atoms with Gasteiger partial charge in [-0.2, -0.15) is 5.10 Å². The van der Waals surface area contributed by atoms with Crippen LogP contribution in [0.2, 0.25) is 0 Å². The van der Waals surface area contributed by atoms with Gasteiger partial charge in [-0.1, -0.05) is 18.1 Å². The number of aromatic nitrogens is 3. The average molecular weight is 495 g/mol. The van der Waals surface area contributed by atoms with Crippen LogP contribution >= 0.6 is 0 Å². The SMILES string of the molecule is COc1cccc2c(C#Cc3cncc(C(=O)Nc4ccc(CN5CCN(C)CC5)c(C)c4)c3)[nH]nc12. The number of methoxy groups -OCH3 is 1. The number of piperazine rings is 1. The second kappa shape index (κ2) is 10.8. The van der Waals surface area contributed by atoms with Gasteiger partial charge in [0.2, 0.25) is 0 Å². The summed E-state index contributed by atoms with van der Waals surface area (Å²) in [6.07, 6.45) is 3.19. The van der Waals surface area contributed by atoms with Crippen LogP contribution in [0.25, 0.3) is 10.9 Å². The standard InChI is InChI=1S/C29H30N6O2/c1-20-15-24(9-8-22(20)19-35-13-11-34(2)12-14-35)31-29(36)23-16-21(17-30-18-23)7-10-26-25-5-4-6-27(37-3)28(25)33-32-26/h4-6,8-9,15-18H,11-14,19H2,1-3H3,(H,31,36)(H,32,33). The van der Waals surface area contributed by atoms with Crippen LogP contribution in [0.1, 0.15) is 32.7 Å². The molecule has 2 N–H and O–H groups in total. The van der Waals surface area contributed by atoms with Gasteiger partial charge in [0.05, 0.1) is 12.7 Å². The number of amides is 1. The molecule has 1 aliphatic heterocycles. The van der Waals surface area contributed by atoms with E-state index in [0.717, 1.165) is 54.9 Å². The van der Waals surface area contributed by atoms with Crippen LogP contribution < -0.4 is 10.1 Å². The van der Waals surface area contributed by atoms with Crippen molar-refractivity contribution in [1.29, 1.82) is 0 Å². The number of likely N-dealkylation sites (N-methyl/N-ethyl adjacent to an activating group) is 1. The lowest BCUT2D eigenvalue weighted by Crippen LogP contribution is -2.43. The number of rotatable bonds is 5. The number of hydrogen-bond acceptors (Lipinski definition) is 6. The predicted molar refractivity (Wildman–Crippen MR) is 145 cm³/mol. The van der Waals surface area contributed by atoms with Crippen molar-refractivity contribution in [1.82, 2.24) is 25.0 Å². The van der Waals surface area contributed by atoms with Gasteiger partial charge in [-0.25, -0.2) is 0 Å². The molecule has 8 heteroatoms. The van der Waals surface area contributed by atoms with E-state index in [1.807, 2.05) is 30.3 Å². The Bertz CT molecular complexity index is 1490. The first-order chi connectivity index (χ1) is 18.0. The molecule has 188 valence electrons. The third-order valence-electron chi connectivity index (χ3n) is 6.69. The van der Waals surface area contributed by atoms with E-state index in [2.05, 4.69) is 62.2 Å². The van der Waals surface area contributed by atoms with E-state index >= 15 is 0 Å². The summed E-state index contributed by atoms with van der Waals surface area (Å²) in [5.41, 5.74) is 5.70. The maximum atomic E-state index is 12.9. The molecule has 0 radical (unpaired) electrons. The van der Waals surface area contributed by atoms with Crippen molar-refractivity contribution in [2.75, 3.05) is 45.7 Å². The topological polar surface area (TPSA) is 86.4 Å². The Balaban J connectivity index is 1.27. The molecular formula is C29H30N6O2. The molecule has 37 heavy (non-hydrogen) atoms. The summed E-state index contributed by atoms with van der Waals surface area (Å²) >= 11 is 0. The second-order valence-electron chi connectivity index (χ2n) is 9.34. The third kappa shape index (κ3) is 5.64. The van der Waals surface area contributed by atoms with Gasteiger partial charge in [0.15, 0.2) is 0 Å². The van der Waals surface area contributed by atoms with Gasteiger partial charge < -0.3 is 15.0 Å². The number of fused-ring (bicyclic) bond motifs is 1. The largest absolute Gasteiger partial charge is 0.494 e. The molecule has 0 spiro atoms. The Labute approximate surface area is 216 Å². The molecule has 1 fully saturated rings. The second-order valence-corrected chi connectivity index (χ2v) is 9.34. The van der Waals surface area contributed by atoms with Crippen LogP contribution in [-0.4, -0.2) is 71.2 Å². The Hall–Kier alpha value is -4.19. The van der Waals surface area contributed by atoms with Crippen molar-refractivity contribution >= 4 is 22.5 Å². The molecular weight excluding hydrogens is 464 g/mol. The lowest BCUT2D eigenvalue weighted by Gasteiger charge is -2.32. The van der Waals surface area contributed by atoms with Gasteiger partial charge in [-0.3, -0.25) is 19.8 Å². The Morgan fingerprint density at radius 1 is 1.11 bits per heavy atom. The minimum Gasteiger partial charge on any atom is -0.494 e. The molecule has 0 aliphatic carbocycles. The molecule has 1 amide bonds. The number of nitrogens with zero attached hydrogens (tertiary/aromatic N) is 4. The van der Waals surface area contributed by atoms with Gasteiger partial charge >= 0.3 is 0 Å². The van der Waals surface area contributed by atoms with E-state index in [1.165, 1.54) is 5.56 Å². The summed E-state index contributed by atoms with van der Waals surface area (Å²) < 4.78 is 5.36. The molecule has 1 aliphatic rings. The predicted octanol–water partition coefficient (Wildman–Crippen LogP) is 3.67. The third-order valence-corrected chi connectivity index (χ3v) is 6.69. The zero-order valence-corrected chi connectivity index (χ0v) is 21.3. The molecule has 1 saturated heterocycles. The molecule has 4 aromatic rings. The van der Waals surface area contributed by atoms with Gasteiger partial charge in [0.25, 0.3) is 5.91 Å². The van der Waals surface area contributed by atoms with Gasteiger partial charge in [-0.15, -0.1) is 0 Å². The van der Waals surface area contributed by atoms with Crippen LogP contribution in [0.15, 0.2) is 54.9 Å². The van der Waals surface area contributed by atoms with Crippen molar-refractivity contribution in [3.05, 3.63) is 82.8 Å². The number of benzene rings is 2. The fourth-order valence-electron chi connectivity index (χ4n) is 4.44. The van der Waals surface area contributed by atoms with Crippen LogP contribution in [0.4, 0.5) is 5.69 Å². The first-order valence-electron chi connectivity index (χ1n) is 12.3. The lowest BCUT2D eigenvalue weighted by molar-refractivity contribution is 0.102. The Morgan fingerprint density at radius 2 is 1.95 bits per heavy atom. The van der Waals surface area contributed by atoms with Crippen molar-refractivity contribution < 1.29 is 9.53 Å². The first-order valence-corrected chi connectivity index (χ1v) is 12.3. The number of carbonyl (C=O) groups excluding carboxylic acids is 1. The fraction of sp³-hybridized carbons (Fsp3) is 0.276. The number of para-hydroxylation sites is 1. The molecule has 0 unspecified atom stereocenters. The summed E-state index contributed by atoms with van der Waals surface area (Å²) in [6.45, 7) is 7.36. The maximum Gasteiger partial charge on any atom is 0.257 e. The van der Waals surface area contributed by atoms with Crippen LogP contribution in [0.5, 0.6) is 5.75 Å². The molecule has 2 aromatic carbocycles. The van der Waals surface area contributed by atoms with Crippen molar-refractivity contribution in [2.24, 2.45) is 0 Å². The van der Waals surface area contributed by atoms with Gasteiger partial charge in [0.1, 0.15) is 17.0 Å². The summed E-state index contributed by atoms with van der Waals surface area (Å²) in [7, 11) is 3.78. The fourth-order valence-corrected chi connectivity index (χ4v) is 4.44. The molecule has 3 heterocycles. The van der Waals surface area contributed by atoms with Gasteiger partial charge in [0, 0.05) is 61.8 Å². The van der Waals surface area contributed by atoms with Crippen LogP contribution in [0, 0.1) is 18.8 Å². The molecule has 0 bridgehead atoms. The minimum absolute atomic E-state index is 0.223. The average Bonchev–Trinajstić information content (AvgIpc) is 3.33. The normalized spacial score (nSPS) is 14.2. The van der Waals surface area contributed by atoms with E-state index in [9.17, 15) is 4.79 Å². The zero-order chi connectivity index (χ0) is 25.8. The summed E-state index contributed by atoms with van der Waals surface area (Å²) in [6, 6.07) is 13.5. The molecule has 0 atom stereocenters. The highest BCUT2D eigenvalue weighted by atomic mass is 16.5. The molecule has 2 aromatic heterocycles. The number of hydrogen-bond donors (Lipinski definition) is 2. The molecule has 8 nitrogen and oxygen atoms in total. The van der Waals surface area contributed by atoms with Crippen molar-refractivity contribution in [3.63, 3.8) is 0 Å². The van der Waals surface area contributed by atoms with Crippen molar-refractivity contribution in [2.45, 2.75) is 13.5 Å². The zero-order valence-electron chi connectivity index (χ0n) is 21.3. The number of aryl methyl sites for hydroxylation is 1. The number of pyridine rings is 1. The number of aromatic amines is 1. The number of carbonyl (C=O) groups is 1. The Morgan fingerprint density at radius 3 is 2.73 bits per heavy atom. The monoisotopic (exact) mass is 494 g/mol. The molecule has 0 saturated carbocycles. The first kappa shape index (κ1) is 24.5. The molecule has 5 rings (SSSR count). The number of H-pyrrole nitrogens is 1. The quantitative estimate of drug-likeness (QED) is 0.412. The smallest absolute Gasteiger partial charge is 0.257 e. The van der Waals surface area contributed by atoms with Gasteiger partial charge in [-0.05, 0) is 61.4 Å².